The van der Waals surface area contributed by atoms with Crippen molar-refractivity contribution in [3.05, 3.63) is 34.9 Å². The molecule has 30 heavy (non-hydrogen) atoms. The highest BCUT2D eigenvalue weighted by molar-refractivity contribution is 6.31. The number of carbonyl (C=O) groups excluding carboxylic acids is 3. The number of nitrogens with zero attached hydrogens (tertiary/aromatic N) is 2. The minimum Gasteiger partial charge on any atom is -0.343 e. The molecule has 1 aromatic carbocycles. The van der Waals surface area contributed by atoms with E-state index in [1.54, 1.807) is 36.1 Å². The zero-order chi connectivity index (χ0) is 21.3. The van der Waals surface area contributed by atoms with E-state index in [0.717, 1.165) is 51.6 Å². The Morgan fingerprint density at radius 2 is 1.83 bits per heavy atom. The number of hydrogen-bond acceptors (Lipinski definition) is 3. The van der Waals surface area contributed by atoms with Gasteiger partial charge >= 0.3 is 0 Å². The van der Waals surface area contributed by atoms with Crippen molar-refractivity contribution in [2.24, 2.45) is 5.92 Å². The lowest BCUT2D eigenvalue weighted by Crippen LogP contribution is -2.54. The van der Waals surface area contributed by atoms with Gasteiger partial charge in [0.1, 0.15) is 12.1 Å². The normalized spacial score (nSPS) is 26.9. The van der Waals surface area contributed by atoms with E-state index in [0.29, 0.717) is 22.9 Å². The zero-order valence-corrected chi connectivity index (χ0v) is 18.2. The third kappa shape index (κ3) is 4.20. The average Bonchev–Trinajstić information content (AvgIpc) is 3.40. The number of nitrogens with one attached hydrogen (secondary N) is 1. The Morgan fingerprint density at radius 1 is 1.10 bits per heavy atom. The number of fused-ring (bicyclic) bond motifs is 1. The SMILES string of the molecule is C[C@H](NC(=O)[C@@H]1C[C@@H]2CCCC[C@H]2N1C(=O)c1cccc(Cl)c1)C(=O)N1CCCC1. The van der Waals surface area contributed by atoms with Crippen LogP contribution in [0.25, 0.3) is 0 Å². The van der Waals surface area contributed by atoms with Crippen LogP contribution in [0.2, 0.25) is 5.02 Å². The van der Waals surface area contributed by atoms with Crippen LogP contribution in [-0.4, -0.2) is 58.7 Å². The first kappa shape index (κ1) is 21.2. The molecule has 6 nitrogen and oxygen atoms in total. The van der Waals surface area contributed by atoms with Gasteiger partial charge in [-0.05, 0) is 63.1 Å². The maximum absolute atomic E-state index is 13.4. The standard InChI is InChI=1S/C23H30ClN3O3/c1-15(22(29)26-11-4-5-12-26)25-21(28)20-14-16-7-2-3-10-19(16)27(20)23(30)17-8-6-9-18(24)13-17/h6,8-9,13,15-16,19-20H,2-5,7,10-12,14H2,1H3,(H,25,28)/t15-,16-,19+,20-/m0/s1. The molecule has 162 valence electrons. The molecule has 1 N–H and O–H groups in total. The second-order valence-electron chi connectivity index (χ2n) is 8.85. The molecule has 4 rings (SSSR count). The molecular formula is C23H30ClN3O3. The van der Waals surface area contributed by atoms with Gasteiger partial charge in [0.15, 0.2) is 0 Å². The van der Waals surface area contributed by atoms with Gasteiger partial charge in [0.05, 0.1) is 0 Å². The molecule has 3 amide bonds. The lowest BCUT2D eigenvalue weighted by Gasteiger charge is -2.34. The van der Waals surface area contributed by atoms with E-state index in [1.165, 1.54) is 0 Å². The number of amides is 3. The highest BCUT2D eigenvalue weighted by Gasteiger charge is 2.48. The fraction of sp³-hybridized carbons (Fsp3) is 0.609. The molecule has 0 unspecified atom stereocenters. The quantitative estimate of drug-likeness (QED) is 0.795. The number of halogens is 1. The lowest BCUT2D eigenvalue weighted by atomic mass is 9.84. The van der Waals surface area contributed by atoms with Gasteiger partial charge in [-0.2, -0.15) is 0 Å². The van der Waals surface area contributed by atoms with Crippen LogP contribution < -0.4 is 5.32 Å². The van der Waals surface area contributed by atoms with Crippen molar-refractivity contribution in [3.8, 4) is 0 Å². The predicted octanol–water partition coefficient (Wildman–Crippen LogP) is 3.24. The summed E-state index contributed by atoms with van der Waals surface area (Å²) in [6.45, 7) is 3.25. The molecule has 2 aliphatic heterocycles. The highest BCUT2D eigenvalue weighted by atomic mass is 35.5. The summed E-state index contributed by atoms with van der Waals surface area (Å²) >= 11 is 6.11. The van der Waals surface area contributed by atoms with Crippen LogP contribution in [-0.2, 0) is 9.59 Å². The molecule has 4 atom stereocenters. The largest absolute Gasteiger partial charge is 0.343 e. The van der Waals surface area contributed by atoms with Crippen LogP contribution in [0, 0.1) is 5.92 Å². The van der Waals surface area contributed by atoms with E-state index in [2.05, 4.69) is 5.32 Å². The van der Waals surface area contributed by atoms with E-state index in [4.69, 9.17) is 11.6 Å². The molecule has 1 saturated carbocycles. The number of likely N-dealkylation sites (tertiary alicyclic amines) is 2. The Bertz CT molecular complexity index is 824. The molecule has 0 bridgehead atoms. The van der Waals surface area contributed by atoms with Crippen LogP contribution in [0.4, 0.5) is 0 Å². The fourth-order valence-electron chi connectivity index (χ4n) is 5.34. The Hall–Kier alpha value is -2.08. The maximum Gasteiger partial charge on any atom is 0.254 e. The van der Waals surface area contributed by atoms with Gasteiger partial charge in [-0.1, -0.05) is 30.5 Å². The molecular weight excluding hydrogens is 402 g/mol. The van der Waals surface area contributed by atoms with Gasteiger partial charge in [0.25, 0.3) is 5.91 Å². The first-order chi connectivity index (χ1) is 14.5. The van der Waals surface area contributed by atoms with Crippen molar-refractivity contribution >= 4 is 29.3 Å². The fourth-order valence-corrected chi connectivity index (χ4v) is 5.53. The molecule has 3 fully saturated rings. The first-order valence-corrected chi connectivity index (χ1v) is 11.5. The highest BCUT2D eigenvalue weighted by Crippen LogP contribution is 2.40. The van der Waals surface area contributed by atoms with Crippen molar-refractivity contribution in [2.75, 3.05) is 13.1 Å². The zero-order valence-electron chi connectivity index (χ0n) is 17.5. The molecule has 0 spiro atoms. The predicted molar refractivity (Wildman–Crippen MR) is 115 cm³/mol. The molecule has 1 aliphatic carbocycles. The summed E-state index contributed by atoms with van der Waals surface area (Å²) in [5.74, 6) is -0.0726. The minimum absolute atomic E-state index is 0.0380. The van der Waals surface area contributed by atoms with E-state index in [-0.39, 0.29) is 23.8 Å². The van der Waals surface area contributed by atoms with Crippen molar-refractivity contribution in [2.45, 2.75) is 70.0 Å². The first-order valence-electron chi connectivity index (χ1n) is 11.1. The molecule has 0 radical (unpaired) electrons. The Labute approximate surface area is 182 Å². The van der Waals surface area contributed by atoms with E-state index >= 15 is 0 Å². The van der Waals surface area contributed by atoms with Crippen molar-refractivity contribution in [1.29, 1.82) is 0 Å². The smallest absolute Gasteiger partial charge is 0.254 e. The Morgan fingerprint density at radius 3 is 2.57 bits per heavy atom. The van der Waals surface area contributed by atoms with Crippen LogP contribution >= 0.6 is 11.6 Å². The summed E-state index contributed by atoms with van der Waals surface area (Å²) in [5.41, 5.74) is 0.507. The molecule has 2 heterocycles. The van der Waals surface area contributed by atoms with Gasteiger partial charge in [-0.25, -0.2) is 0 Å². The van der Waals surface area contributed by atoms with Gasteiger partial charge in [-0.3, -0.25) is 14.4 Å². The minimum atomic E-state index is -0.582. The number of carbonyl (C=O) groups is 3. The molecule has 3 aliphatic rings. The van der Waals surface area contributed by atoms with Gasteiger partial charge in [0, 0.05) is 29.7 Å². The molecule has 0 aromatic heterocycles. The Balaban J connectivity index is 1.52. The number of benzene rings is 1. The van der Waals surface area contributed by atoms with Crippen molar-refractivity contribution in [3.63, 3.8) is 0 Å². The monoisotopic (exact) mass is 431 g/mol. The molecule has 1 aromatic rings. The topological polar surface area (TPSA) is 69.7 Å². The van der Waals surface area contributed by atoms with Gasteiger partial charge in [-0.15, -0.1) is 0 Å². The summed E-state index contributed by atoms with van der Waals surface area (Å²) in [6.07, 6.45) is 6.85. The molecule has 2 saturated heterocycles. The van der Waals surface area contributed by atoms with Gasteiger partial charge < -0.3 is 15.1 Å². The third-order valence-corrected chi connectivity index (χ3v) is 7.08. The second kappa shape index (κ2) is 8.96. The van der Waals surface area contributed by atoms with Gasteiger partial charge in [0.2, 0.25) is 11.8 Å². The summed E-state index contributed by atoms with van der Waals surface area (Å²) in [7, 11) is 0. The summed E-state index contributed by atoms with van der Waals surface area (Å²) in [4.78, 5) is 42.9. The number of hydrogen-bond donors (Lipinski definition) is 1. The summed E-state index contributed by atoms with van der Waals surface area (Å²) < 4.78 is 0. The summed E-state index contributed by atoms with van der Waals surface area (Å²) in [6, 6.07) is 5.86. The average molecular weight is 432 g/mol. The number of rotatable bonds is 4. The van der Waals surface area contributed by atoms with E-state index < -0.39 is 12.1 Å². The van der Waals surface area contributed by atoms with Crippen LogP contribution in [0.15, 0.2) is 24.3 Å². The molecule has 7 heteroatoms. The van der Waals surface area contributed by atoms with Crippen LogP contribution in [0.1, 0.15) is 62.2 Å². The maximum atomic E-state index is 13.4. The Kier molecular flexibility index (Phi) is 6.32. The summed E-state index contributed by atoms with van der Waals surface area (Å²) in [5, 5.41) is 3.41. The van der Waals surface area contributed by atoms with Crippen molar-refractivity contribution in [1.82, 2.24) is 15.1 Å². The lowest BCUT2D eigenvalue weighted by molar-refractivity contribution is -0.136. The van der Waals surface area contributed by atoms with E-state index in [1.807, 2.05) is 4.90 Å². The van der Waals surface area contributed by atoms with Crippen LogP contribution in [0.5, 0.6) is 0 Å². The third-order valence-electron chi connectivity index (χ3n) is 6.84. The van der Waals surface area contributed by atoms with Crippen molar-refractivity contribution < 1.29 is 14.4 Å². The van der Waals surface area contributed by atoms with Crippen LogP contribution in [0.3, 0.4) is 0 Å². The second-order valence-corrected chi connectivity index (χ2v) is 9.29. The van der Waals surface area contributed by atoms with E-state index in [9.17, 15) is 14.4 Å².